The smallest absolute Gasteiger partial charge is 0.198 e. The van der Waals surface area contributed by atoms with Gasteiger partial charge in [-0.1, -0.05) is 23.2 Å². The van der Waals surface area contributed by atoms with Crippen molar-refractivity contribution < 1.29 is 9.47 Å². The third kappa shape index (κ3) is 0.634. The molecular weight excluding hydrogens is 163 g/mol. The van der Waals surface area contributed by atoms with E-state index >= 15 is 0 Å². The maximum absolute atomic E-state index is 5.69. The van der Waals surface area contributed by atoms with Crippen LogP contribution in [0.4, 0.5) is 0 Å². The Hall–Kier alpha value is -0.0800. The molecule has 0 bridgehead atoms. The Kier molecular flexibility index (Phi) is 0.945. The van der Waals surface area contributed by atoms with Gasteiger partial charge in [-0.15, -0.1) is 0 Å². The molecule has 2 atom stereocenters. The SMILES string of the molecule is ClC1(Cl)C2OC=COC21. The second-order valence-corrected chi connectivity index (χ2v) is 3.50. The van der Waals surface area contributed by atoms with Gasteiger partial charge in [0, 0.05) is 0 Å². The van der Waals surface area contributed by atoms with Crippen molar-refractivity contribution in [2.45, 2.75) is 16.5 Å². The molecule has 9 heavy (non-hydrogen) atoms. The van der Waals surface area contributed by atoms with Gasteiger partial charge in [-0.3, -0.25) is 0 Å². The molecule has 0 spiro atoms. The van der Waals surface area contributed by atoms with Gasteiger partial charge in [0.2, 0.25) is 0 Å². The van der Waals surface area contributed by atoms with Crippen LogP contribution in [0.25, 0.3) is 0 Å². The van der Waals surface area contributed by atoms with Crippen molar-refractivity contribution in [2.24, 2.45) is 0 Å². The number of hydrogen-bond donors (Lipinski definition) is 0. The summed E-state index contributed by atoms with van der Waals surface area (Å²) in [5, 5.41) is 0. The average Bonchev–Trinajstić information content (AvgIpc) is 2.39. The Morgan fingerprint density at radius 1 is 1.11 bits per heavy atom. The summed E-state index contributed by atoms with van der Waals surface area (Å²) in [6, 6.07) is 0. The molecule has 1 heterocycles. The molecule has 1 saturated carbocycles. The predicted molar refractivity (Wildman–Crippen MR) is 33.3 cm³/mol. The molecule has 0 aromatic carbocycles. The summed E-state index contributed by atoms with van der Waals surface area (Å²) < 4.78 is 9.18. The Morgan fingerprint density at radius 2 is 1.56 bits per heavy atom. The van der Waals surface area contributed by atoms with Crippen molar-refractivity contribution in [3.8, 4) is 0 Å². The summed E-state index contributed by atoms with van der Waals surface area (Å²) in [7, 11) is 0. The van der Waals surface area contributed by atoms with Gasteiger partial charge in [0.1, 0.15) is 12.5 Å². The summed E-state index contributed by atoms with van der Waals surface area (Å²) in [5.41, 5.74) is 0. The van der Waals surface area contributed by atoms with Crippen LogP contribution in [0.2, 0.25) is 0 Å². The van der Waals surface area contributed by atoms with Gasteiger partial charge in [0.15, 0.2) is 16.5 Å². The van der Waals surface area contributed by atoms with Gasteiger partial charge in [0.05, 0.1) is 0 Å². The van der Waals surface area contributed by atoms with E-state index in [-0.39, 0.29) is 12.2 Å². The van der Waals surface area contributed by atoms with Gasteiger partial charge in [-0.25, -0.2) is 0 Å². The first-order valence-corrected chi connectivity index (χ1v) is 3.32. The topological polar surface area (TPSA) is 18.5 Å². The molecule has 1 fully saturated rings. The van der Waals surface area contributed by atoms with E-state index in [1.54, 1.807) is 0 Å². The van der Waals surface area contributed by atoms with Gasteiger partial charge < -0.3 is 9.47 Å². The molecule has 2 unspecified atom stereocenters. The molecule has 1 aliphatic carbocycles. The fourth-order valence-electron chi connectivity index (χ4n) is 0.830. The lowest BCUT2D eigenvalue weighted by Crippen LogP contribution is -2.00. The van der Waals surface area contributed by atoms with Crippen LogP contribution in [0.1, 0.15) is 0 Å². The standard InChI is InChI=1S/C5H4Cl2O2/c6-5(7)3-4(5)9-2-1-8-3/h1-4H. The molecule has 4 heteroatoms. The summed E-state index contributed by atoms with van der Waals surface area (Å²) in [4.78, 5) is 0. The van der Waals surface area contributed by atoms with Gasteiger partial charge >= 0.3 is 0 Å². The Balaban J connectivity index is 2.14. The van der Waals surface area contributed by atoms with Crippen molar-refractivity contribution in [1.82, 2.24) is 0 Å². The van der Waals surface area contributed by atoms with E-state index in [0.29, 0.717) is 0 Å². The van der Waals surface area contributed by atoms with Gasteiger partial charge in [0.25, 0.3) is 0 Å². The number of ether oxygens (including phenoxy) is 2. The molecule has 0 aromatic heterocycles. The van der Waals surface area contributed by atoms with E-state index in [1.165, 1.54) is 12.5 Å². The van der Waals surface area contributed by atoms with E-state index in [1.807, 2.05) is 0 Å². The largest absolute Gasteiger partial charge is 0.488 e. The maximum atomic E-state index is 5.69. The van der Waals surface area contributed by atoms with Crippen LogP contribution in [0.3, 0.4) is 0 Å². The third-order valence-electron chi connectivity index (χ3n) is 1.43. The highest BCUT2D eigenvalue weighted by molar-refractivity contribution is 6.52. The monoisotopic (exact) mass is 166 g/mol. The highest BCUT2D eigenvalue weighted by Gasteiger charge is 2.69. The maximum Gasteiger partial charge on any atom is 0.198 e. The van der Waals surface area contributed by atoms with Crippen LogP contribution in [0.15, 0.2) is 12.5 Å². The van der Waals surface area contributed by atoms with Crippen molar-refractivity contribution in [3.05, 3.63) is 12.5 Å². The van der Waals surface area contributed by atoms with Crippen LogP contribution in [-0.2, 0) is 9.47 Å². The first kappa shape index (κ1) is 5.69. The van der Waals surface area contributed by atoms with Crippen molar-refractivity contribution in [2.75, 3.05) is 0 Å². The van der Waals surface area contributed by atoms with Crippen LogP contribution in [-0.4, -0.2) is 16.5 Å². The highest BCUT2D eigenvalue weighted by Crippen LogP contribution is 2.53. The second-order valence-electron chi connectivity index (χ2n) is 2.06. The molecule has 2 rings (SSSR count). The molecule has 0 saturated heterocycles. The van der Waals surface area contributed by atoms with Crippen LogP contribution < -0.4 is 0 Å². The predicted octanol–water partition coefficient (Wildman–Crippen LogP) is 1.43. The normalized spacial score (nSPS) is 42.4. The van der Waals surface area contributed by atoms with Crippen LogP contribution in [0, 0.1) is 0 Å². The van der Waals surface area contributed by atoms with E-state index in [9.17, 15) is 0 Å². The first-order valence-electron chi connectivity index (χ1n) is 2.56. The average molecular weight is 167 g/mol. The molecule has 0 amide bonds. The summed E-state index contributed by atoms with van der Waals surface area (Å²) in [5.74, 6) is 0. The van der Waals surface area contributed by atoms with E-state index in [0.717, 1.165) is 0 Å². The zero-order chi connectivity index (χ0) is 6.48. The zero-order valence-corrected chi connectivity index (χ0v) is 5.89. The molecular formula is C5H4Cl2O2. The Bertz CT molecular complexity index is 150. The van der Waals surface area contributed by atoms with Crippen LogP contribution in [0.5, 0.6) is 0 Å². The van der Waals surface area contributed by atoms with Crippen LogP contribution >= 0.6 is 23.2 Å². The van der Waals surface area contributed by atoms with Gasteiger partial charge in [-0.2, -0.15) is 0 Å². The summed E-state index contributed by atoms with van der Waals surface area (Å²) >= 11 is 11.4. The fraction of sp³-hybridized carbons (Fsp3) is 0.600. The molecule has 1 aliphatic heterocycles. The Morgan fingerprint density at radius 3 is 1.89 bits per heavy atom. The first-order chi connectivity index (χ1) is 4.23. The molecule has 0 radical (unpaired) electrons. The number of fused-ring (bicyclic) bond motifs is 1. The number of rotatable bonds is 0. The lowest BCUT2D eigenvalue weighted by atomic mass is 10.7. The van der Waals surface area contributed by atoms with E-state index in [4.69, 9.17) is 32.7 Å². The summed E-state index contributed by atoms with van der Waals surface area (Å²) in [6.45, 7) is 0. The lowest BCUT2D eigenvalue weighted by Gasteiger charge is -2.02. The lowest BCUT2D eigenvalue weighted by molar-refractivity contribution is 0.102. The van der Waals surface area contributed by atoms with E-state index in [2.05, 4.69) is 0 Å². The molecule has 50 valence electrons. The molecule has 2 aliphatic rings. The van der Waals surface area contributed by atoms with Crippen molar-refractivity contribution >= 4 is 23.2 Å². The number of hydrogen-bond acceptors (Lipinski definition) is 2. The minimum absolute atomic E-state index is 0.161. The highest BCUT2D eigenvalue weighted by atomic mass is 35.5. The number of alkyl halides is 2. The molecule has 0 N–H and O–H groups in total. The molecule has 0 aromatic rings. The van der Waals surface area contributed by atoms with Crippen molar-refractivity contribution in [1.29, 1.82) is 0 Å². The zero-order valence-electron chi connectivity index (χ0n) is 4.38. The van der Waals surface area contributed by atoms with Crippen molar-refractivity contribution in [3.63, 3.8) is 0 Å². The third-order valence-corrected chi connectivity index (χ3v) is 2.29. The second kappa shape index (κ2) is 1.50. The van der Waals surface area contributed by atoms with Gasteiger partial charge in [-0.05, 0) is 0 Å². The number of halogens is 2. The fourth-order valence-corrected chi connectivity index (χ4v) is 1.37. The van der Waals surface area contributed by atoms with E-state index < -0.39 is 4.33 Å². The quantitative estimate of drug-likeness (QED) is 0.508. The molecule has 2 nitrogen and oxygen atoms in total. The summed E-state index contributed by atoms with van der Waals surface area (Å²) in [6.07, 6.45) is 2.58. The Labute approximate surface area is 62.3 Å². The minimum atomic E-state index is -0.816. The minimum Gasteiger partial charge on any atom is -0.488 e.